The molecule has 1 atom stereocenters. The minimum absolute atomic E-state index is 0.160. The maximum absolute atomic E-state index is 12.9. The molecule has 0 aromatic heterocycles. The summed E-state index contributed by atoms with van der Waals surface area (Å²) >= 11 is 0. The van der Waals surface area contributed by atoms with Gasteiger partial charge in [0, 0.05) is 12.2 Å². The third-order valence-corrected chi connectivity index (χ3v) is 2.29. The standard InChI is InChI=1S/C10H9FN2/c11-8-1-2-10-9(5-8)7(6-12)3-4-13-10/h1-2,5,7,13H,3-4H2. The largest absolute Gasteiger partial charge is 0.385 e. The van der Waals surface area contributed by atoms with Crippen LogP contribution in [0.15, 0.2) is 18.2 Å². The minimum atomic E-state index is -0.275. The van der Waals surface area contributed by atoms with Gasteiger partial charge in [-0.1, -0.05) is 0 Å². The summed E-state index contributed by atoms with van der Waals surface area (Å²) in [5.41, 5.74) is 1.67. The van der Waals surface area contributed by atoms with E-state index in [2.05, 4.69) is 11.4 Å². The molecule has 0 amide bonds. The van der Waals surface area contributed by atoms with Gasteiger partial charge >= 0.3 is 0 Å². The molecule has 1 aliphatic heterocycles. The lowest BCUT2D eigenvalue weighted by atomic mass is 9.92. The van der Waals surface area contributed by atoms with Crippen molar-refractivity contribution in [2.45, 2.75) is 12.3 Å². The van der Waals surface area contributed by atoms with Crippen LogP contribution in [0.3, 0.4) is 0 Å². The molecule has 3 heteroatoms. The van der Waals surface area contributed by atoms with Gasteiger partial charge in [0.1, 0.15) is 5.82 Å². The third kappa shape index (κ3) is 1.35. The molecule has 0 spiro atoms. The molecular weight excluding hydrogens is 167 g/mol. The third-order valence-electron chi connectivity index (χ3n) is 2.29. The molecule has 0 saturated carbocycles. The first kappa shape index (κ1) is 8.06. The van der Waals surface area contributed by atoms with Gasteiger partial charge in [0.05, 0.1) is 12.0 Å². The maximum atomic E-state index is 12.9. The lowest BCUT2D eigenvalue weighted by Gasteiger charge is -2.21. The van der Waals surface area contributed by atoms with Crippen molar-refractivity contribution in [2.24, 2.45) is 0 Å². The summed E-state index contributed by atoms with van der Waals surface area (Å²) in [6.07, 6.45) is 0.757. The molecule has 1 unspecified atom stereocenters. The van der Waals surface area contributed by atoms with E-state index < -0.39 is 0 Å². The van der Waals surface area contributed by atoms with Crippen LogP contribution in [0.5, 0.6) is 0 Å². The average Bonchev–Trinajstić information content (AvgIpc) is 2.17. The quantitative estimate of drug-likeness (QED) is 0.658. The number of fused-ring (bicyclic) bond motifs is 1. The van der Waals surface area contributed by atoms with E-state index >= 15 is 0 Å². The van der Waals surface area contributed by atoms with Crippen LogP contribution in [0.4, 0.5) is 10.1 Å². The van der Waals surface area contributed by atoms with Gasteiger partial charge in [0.15, 0.2) is 0 Å². The van der Waals surface area contributed by atoms with E-state index in [1.54, 1.807) is 6.07 Å². The molecule has 1 heterocycles. The fourth-order valence-electron chi connectivity index (χ4n) is 1.62. The number of nitrogens with one attached hydrogen (secondary N) is 1. The van der Waals surface area contributed by atoms with Crippen LogP contribution in [0.2, 0.25) is 0 Å². The summed E-state index contributed by atoms with van der Waals surface area (Å²) < 4.78 is 12.9. The van der Waals surface area contributed by atoms with Crippen molar-refractivity contribution in [2.75, 3.05) is 11.9 Å². The lowest BCUT2D eigenvalue weighted by molar-refractivity contribution is 0.621. The monoisotopic (exact) mass is 176 g/mol. The second-order valence-corrected chi connectivity index (χ2v) is 3.13. The average molecular weight is 176 g/mol. The number of nitriles is 1. The van der Waals surface area contributed by atoms with Crippen molar-refractivity contribution in [3.05, 3.63) is 29.6 Å². The van der Waals surface area contributed by atoms with Crippen LogP contribution < -0.4 is 5.32 Å². The number of benzene rings is 1. The molecule has 2 nitrogen and oxygen atoms in total. The number of nitrogens with zero attached hydrogens (tertiary/aromatic N) is 1. The molecule has 1 aliphatic rings. The molecule has 1 aromatic rings. The molecule has 66 valence electrons. The van der Waals surface area contributed by atoms with E-state index in [1.165, 1.54) is 12.1 Å². The minimum Gasteiger partial charge on any atom is -0.385 e. The van der Waals surface area contributed by atoms with Crippen LogP contribution in [0.25, 0.3) is 0 Å². The first-order chi connectivity index (χ1) is 6.31. The molecule has 0 saturated heterocycles. The summed E-state index contributed by atoms with van der Waals surface area (Å²) in [6.45, 7) is 0.789. The van der Waals surface area contributed by atoms with E-state index in [0.29, 0.717) is 0 Å². The van der Waals surface area contributed by atoms with Crippen molar-refractivity contribution >= 4 is 5.69 Å². The Morgan fingerprint density at radius 3 is 3.15 bits per heavy atom. The van der Waals surface area contributed by atoms with E-state index in [4.69, 9.17) is 5.26 Å². The van der Waals surface area contributed by atoms with Crippen molar-refractivity contribution in [1.29, 1.82) is 5.26 Å². The van der Waals surface area contributed by atoms with E-state index in [1.807, 2.05) is 0 Å². The number of hydrogen-bond acceptors (Lipinski definition) is 2. The highest BCUT2D eigenvalue weighted by molar-refractivity contribution is 5.56. The highest BCUT2D eigenvalue weighted by Crippen LogP contribution is 2.31. The normalized spacial score (nSPS) is 19.8. The zero-order valence-corrected chi connectivity index (χ0v) is 7.05. The fraction of sp³-hybridized carbons (Fsp3) is 0.300. The Morgan fingerprint density at radius 2 is 2.38 bits per heavy atom. The smallest absolute Gasteiger partial charge is 0.123 e. The highest BCUT2D eigenvalue weighted by atomic mass is 19.1. The van der Waals surface area contributed by atoms with Crippen molar-refractivity contribution in [3.63, 3.8) is 0 Å². The van der Waals surface area contributed by atoms with Crippen LogP contribution in [0, 0.1) is 17.1 Å². The van der Waals surface area contributed by atoms with Crippen LogP contribution in [0.1, 0.15) is 17.9 Å². The second-order valence-electron chi connectivity index (χ2n) is 3.13. The Balaban J connectivity index is 2.49. The molecular formula is C10H9FN2. The Bertz CT molecular complexity index is 368. The first-order valence-electron chi connectivity index (χ1n) is 4.24. The topological polar surface area (TPSA) is 35.8 Å². The summed E-state index contributed by atoms with van der Waals surface area (Å²) in [6, 6.07) is 6.72. The van der Waals surface area contributed by atoms with Crippen LogP contribution in [-0.2, 0) is 0 Å². The Kier molecular flexibility index (Phi) is 1.90. The van der Waals surface area contributed by atoms with E-state index in [0.717, 1.165) is 24.2 Å². The van der Waals surface area contributed by atoms with Crippen LogP contribution in [-0.4, -0.2) is 6.54 Å². The molecule has 0 fully saturated rings. The van der Waals surface area contributed by atoms with Crippen LogP contribution >= 0.6 is 0 Å². The second kappa shape index (κ2) is 3.06. The number of hydrogen-bond donors (Lipinski definition) is 1. The zero-order valence-electron chi connectivity index (χ0n) is 7.05. The SMILES string of the molecule is N#CC1CCNc2ccc(F)cc21. The summed E-state index contributed by atoms with van der Waals surface area (Å²) in [5, 5.41) is 12.0. The van der Waals surface area contributed by atoms with Gasteiger partial charge in [0.25, 0.3) is 0 Å². The molecule has 1 N–H and O–H groups in total. The predicted octanol–water partition coefficient (Wildman–Crippen LogP) is 2.25. The van der Waals surface area contributed by atoms with Gasteiger partial charge in [-0.25, -0.2) is 4.39 Å². The predicted molar refractivity (Wildman–Crippen MR) is 47.9 cm³/mol. The van der Waals surface area contributed by atoms with Gasteiger partial charge in [-0.15, -0.1) is 0 Å². The molecule has 0 radical (unpaired) electrons. The molecule has 2 rings (SSSR count). The number of rotatable bonds is 0. The Labute approximate surface area is 76.0 Å². The number of halogens is 1. The van der Waals surface area contributed by atoms with E-state index in [-0.39, 0.29) is 11.7 Å². The molecule has 13 heavy (non-hydrogen) atoms. The summed E-state index contributed by atoms with van der Waals surface area (Å²) in [7, 11) is 0. The zero-order chi connectivity index (χ0) is 9.26. The van der Waals surface area contributed by atoms with Gasteiger partial charge in [0.2, 0.25) is 0 Å². The van der Waals surface area contributed by atoms with Gasteiger partial charge in [-0.3, -0.25) is 0 Å². The van der Waals surface area contributed by atoms with Gasteiger partial charge < -0.3 is 5.32 Å². The number of anilines is 1. The van der Waals surface area contributed by atoms with E-state index in [9.17, 15) is 4.39 Å². The molecule has 0 aliphatic carbocycles. The van der Waals surface area contributed by atoms with Crippen molar-refractivity contribution in [3.8, 4) is 6.07 Å². The highest BCUT2D eigenvalue weighted by Gasteiger charge is 2.19. The molecule has 1 aromatic carbocycles. The Hall–Kier alpha value is -1.56. The summed E-state index contributed by atoms with van der Waals surface area (Å²) in [5.74, 6) is -0.436. The Morgan fingerprint density at radius 1 is 1.54 bits per heavy atom. The van der Waals surface area contributed by atoms with Crippen molar-refractivity contribution in [1.82, 2.24) is 0 Å². The van der Waals surface area contributed by atoms with Gasteiger partial charge in [-0.2, -0.15) is 5.26 Å². The van der Waals surface area contributed by atoms with Crippen molar-refractivity contribution < 1.29 is 4.39 Å². The first-order valence-corrected chi connectivity index (χ1v) is 4.24. The summed E-state index contributed by atoms with van der Waals surface area (Å²) in [4.78, 5) is 0. The fourth-order valence-corrected chi connectivity index (χ4v) is 1.62. The van der Waals surface area contributed by atoms with Gasteiger partial charge in [-0.05, 0) is 30.2 Å². The maximum Gasteiger partial charge on any atom is 0.123 e. The lowest BCUT2D eigenvalue weighted by Crippen LogP contribution is -2.15. The molecule has 0 bridgehead atoms.